The van der Waals surface area contributed by atoms with Crippen LogP contribution in [0.1, 0.15) is 43.5 Å². The van der Waals surface area contributed by atoms with E-state index in [1.165, 1.54) is 12.0 Å². The second-order valence-electron chi connectivity index (χ2n) is 8.65. The van der Waals surface area contributed by atoms with Crippen LogP contribution in [0.3, 0.4) is 0 Å². The van der Waals surface area contributed by atoms with Crippen molar-refractivity contribution in [3.8, 4) is 0 Å². The fourth-order valence-electron chi connectivity index (χ4n) is 5.10. The summed E-state index contributed by atoms with van der Waals surface area (Å²) in [5.74, 6) is 1.16. The highest BCUT2D eigenvalue weighted by Crippen LogP contribution is 2.40. The summed E-state index contributed by atoms with van der Waals surface area (Å²) in [4.78, 5) is 22.3. The molecule has 0 N–H and O–H groups in total. The molecular formula is C23H30N4O2. The van der Waals surface area contributed by atoms with Gasteiger partial charge in [-0.15, -0.1) is 0 Å². The molecule has 1 aromatic carbocycles. The Balaban J connectivity index is 1.31. The third-order valence-corrected chi connectivity index (χ3v) is 6.71. The number of aromatic nitrogens is 2. The van der Waals surface area contributed by atoms with Gasteiger partial charge >= 0.3 is 0 Å². The van der Waals surface area contributed by atoms with Crippen LogP contribution >= 0.6 is 0 Å². The van der Waals surface area contributed by atoms with E-state index in [9.17, 15) is 4.79 Å². The minimum Gasteiger partial charge on any atom is -0.352 e. The molecule has 2 fully saturated rings. The lowest BCUT2D eigenvalue weighted by Crippen LogP contribution is -2.55. The van der Waals surface area contributed by atoms with Crippen molar-refractivity contribution >= 4 is 5.91 Å². The molecule has 6 heteroatoms. The molecule has 1 unspecified atom stereocenters. The number of hydrogen-bond acceptors (Lipinski definition) is 4. The van der Waals surface area contributed by atoms with Crippen molar-refractivity contribution in [1.29, 1.82) is 0 Å². The lowest BCUT2D eigenvalue weighted by Gasteiger charge is -2.46. The van der Waals surface area contributed by atoms with Crippen LogP contribution in [0.15, 0.2) is 42.7 Å². The largest absolute Gasteiger partial charge is 0.352 e. The van der Waals surface area contributed by atoms with Gasteiger partial charge in [-0.2, -0.15) is 0 Å². The summed E-state index contributed by atoms with van der Waals surface area (Å²) in [6.45, 7) is 5.18. The van der Waals surface area contributed by atoms with Crippen molar-refractivity contribution in [1.82, 2.24) is 19.4 Å². The van der Waals surface area contributed by atoms with Crippen LogP contribution in [0.5, 0.6) is 0 Å². The van der Waals surface area contributed by atoms with Crippen LogP contribution in [-0.4, -0.2) is 57.5 Å². The summed E-state index contributed by atoms with van der Waals surface area (Å²) in [5.41, 5.74) is 0.901. The van der Waals surface area contributed by atoms with Crippen molar-refractivity contribution in [2.24, 2.45) is 0 Å². The third kappa shape index (κ3) is 3.71. The molecule has 3 aliphatic rings. The van der Waals surface area contributed by atoms with Crippen molar-refractivity contribution in [2.75, 3.05) is 26.2 Å². The number of fused-ring (bicyclic) bond motifs is 2. The van der Waals surface area contributed by atoms with E-state index in [1.54, 1.807) is 0 Å². The molecule has 5 rings (SSSR count). The minimum atomic E-state index is -0.439. The Bertz CT molecular complexity index is 836. The van der Waals surface area contributed by atoms with Gasteiger partial charge in [-0.25, -0.2) is 4.98 Å². The summed E-state index contributed by atoms with van der Waals surface area (Å²) in [6.07, 6.45) is 8.65. The van der Waals surface area contributed by atoms with Crippen molar-refractivity contribution in [3.63, 3.8) is 0 Å². The van der Waals surface area contributed by atoms with Gasteiger partial charge < -0.3 is 14.2 Å². The zero-order valence-electron chi connectivity index (χ0n) is 17.0. The van der Waals surface area contributed by atoms with Gasteiger partial charge in [-0.3, -0.25) is 9.69 Å². The number of carbonyl (C=O) groups excluding carboxylic acids is 1. The number of benzene rings is 1. The lowest BCUT2D eigenvalue weighted by atomic mass is 9.88. The van der Waals surface area contributed by atoms with E-state index in [1.807, 2.05) is 17.3 Å². The average molecular weight is 395 g/mol. The van der Waals surface area contributed by atoms with E-state index in [0.29, 0.717) is 6.54 Å². The van der Waals surface area contributed by atoms with Crippen LogP contribution in [0.25, 0.3) is 0 Å². The van der Waals surface area contributed by atoms with Gasteiger partial charge in [0.1, 0.15) is 11.4 Å². The van der Waals surface area contributed by atoms with Gasteiger partial charge in [0.2, 0.25) is 0 Å². The molecule has 4 heterocycles. The first-order valence-corrected chi connectivity index (χ1v) is 11.0. The van der Waals surface area contributed by atoms with Gasteiger partial charge in [-0.05, 0) is 37.7 Å². The normalized spacial score (nSPS) is 24.4. The number of amides is 1. The van der Waals surface area contributed by atoms with Gasteiger partial charge in [-0.1, -0.05) is 30.3 Å². The first kappa shape index (κ1) is 18.8. The Kier molecular flexibility index (Phi) is 5.14. The second-order valence-corrected chi connectivity index (χ2v) is 8.65. The fourth-order valence-corrected chi connectivity index (χ4v) is 5.10. The molecule has 0 radical (unpaired) electrons. The molecular weight excluding hydrogens is 364 g/mol. The summed E-state index contributed by atoms with van der Waals surface area (Å²) in [7, 11) is 0. The van der Waals surface area contributed by atoms with Crippen LogP contribution in [0.4, 0.5) is 0 Å². The first-order chi connectivity index (χ1) is 14.2. The van der Waals surface area contributed by atoms with Gasteiger partial charge in [0.15, 0.2) is 6.10 Å². The second kappa shape index (κ2) is 7.92. The molecule has 154 valence electrons. The van der Waals surface area contributed by atoms with E-state index >= 15 is 0 Å². The summed E-state index contributed by atoms with van der Waals surface area (Å²) in [6, 6.07) is 10.6. The Morgan fingerprint density at radius 3 is 2.59 bits per heavy atom. The monoisotopic (exact) mass is 394 g/mol. The number of rotatable bonds is 3. The lowest BCUT2D eigenvalue weighted by molar-refractivity contribution is -0.182. The molecule has 2 aromatic rings. The average Bonchev–Trinajstić information content (AvgIpc) is 3.26. The topological polar surface area (TPSA) is 50.6 Å². The molecule has 3 aliphatic heterocycles. The van der Waals surface area contributed by atoms with E-state index in [-0.39, 0.29) is 5.91 Å². The SMILES string of the molecule is O=C(C1Cn2ccnc2C2(CCN(Cc3ccccc3)CC2)O1)N1CCCCC1. The van der Waals surface area contributed by atoms with Crippen LogP contribution in [0.2, 0.25) is 0 Å². The Labute approximate surface area is 172 Å². The Hall–Kier alpha value is -2.18. The highest BCUT2D eigenvalue weighted by Gasteiger charge is 2.47. The Morgan fingerprint density at radius 2 is 1.83 bits per heavy atom. The highest BCUT2D eigenvalue weighted by molar-refractivity contribution is 5.81. The number of carbonyl (C=O) groups is 1. The Morgan fingerprint density at radius 1 is 1.07 bits per heavy atom. The van der Waals surface area contributed by atoms with E-state index in [2.05, 4.69) is 44.8 Å². The summed E-state index contributed by atoms with van der Waals surface area (Å²) >= 11 is 0. The number of piperidine rings is 2. The number of hydrogen-bond donors (Lipinski definition) is 0. The molecule has 0 bridgehead atoms. The fraction of sp³-hybridized carbons (Fsp3) is 0.565. The third-order valence-electron chi connectivity index (χ3n) is 6.71. The summed E-state index contributed by atoms with van der Waals surface area (Å²) < 4.78 is 8.77. The number of imidazole rings is 1. The molecule has 1 aromatic heterocycles. The van der Waals surface area contributed by atoms with Crippen LogP contribution < -0.4 is 0 Å². The molecule has 1 atom stereocenters. The van der Waals surface area contributed by atoms with Crippen LogP contribution in [-0.2, 0) is 28.2 Å². The molecule has 1 amide bonds. The van der Waals surface area contributed by atoms with Gasteiger partial charge in [0.25, 0.3) is 5.91 Å². The van der Waals surface area contributed by atoms with Crippen molar-refractivity contribution < 1.29 is 9.53 Å². The molecule has 2 saturated heterocycles. The molecule has 1 spiro atoms. The molecule has 29 heavy (non-hydrogen) atoms. The first-order valence-electron chi connectivity index (χ1n) is 11.0. The zero-order chi connectivity index (χ0) is 19.7. The number of nitrogens with zero attached hydrogens (tertiary/aromatic N) is 4. The van der Waals surface area contributed by atoms with Crippen molar-refractivity contribution in [2.45, 2.75) is 56.9 Å². The quantitative estimate of drug-likeness (QED) is 0.803. The predicted molar refractivity (Wildman–Crippen MR) is 110 cm³/mol. The minimum absolute atomic E-state index is 0.162. The molecule has 0 saturated carbocycles. The number of likely N-dealkylation sites (tertiary alicyclic amines) is 2. The van der Waals surface area contributed by atoms with E-state index < -0.39 is 11.7 Å². The highest BCUT2D eigenvalue weighted by atomic mass is 16.5. The number of ether oxygens (including phenoxy) is 1. The maximum atomic E-state index is 13.2. The van der Waals surface area contributed by atoms with Gasteiger partial charge in [0.05, 0.1) is 6.54 Å². The summed E-state index contributed by atoms with van der Waals surface area (Å²) in [5, 5.41) is 0. The van der Waals surface area contributed by atoms with E-state index in [4.69, 9.17) is 4.74 Å². The van der Waals surface area contributed by atoms with Crippen molar-refractivity contribution in [3.05, 3.63) is 54.1 Å². The van der Waals surface area contributed by atoms with Gasteiger partial charge in [0, 0.05) is 45.1 Å². The maximum Gasteiger partial charge on any atom is 0.253 e. The molecule has 6 nitrogen and oxygen atoms in total. The standard InChI is InChI=1S/C23H30N4O2/c28-21(26-12-5-2-6-13-26)20-18-27-16-11-24-22(27)23(29-20)9-14-25(15-10-23)17-19-7-3-1-4-8-19/h1,3-4,7-8,11,16,20H,2,5-6,9-10,12-15,17-18H2. The maximum absolute atomic E-state index is 13.2. The van der Waals surface area contributed by atoms with Crippen LogP contribution in [0, 0.1) is 0 Å². The predicted octanol–water partition coefficient (Wildman–Crippen LogP) is 2.79. The zero-order valence-corrected chi connectivity index (χ0v) is 17.0. The smallest absolute Gasteiger partial charge is 0.253 e. The van der Waals surface area contributed by atoms with E-state index in [0.717, 1.165) is 64.2 Å². The molecule has 0 aliphatic carbocycles.